The van der Waals surface area contributed by atoms with Gasteiger partial charge in [-0.1, -0.05) is 17.7 Å². The zero-order valence-electron chi connectivity index (χ0n) is 13.3. The lowest BCUT2D eigenvalue weighted by molar-refractivity contribution is -0.149. The molecule has 1 aromatic carbocycles. The van der Waals surface area contributed by atoms with E-state index in [4.69, 9.17) is 21.1 Å². The van der Waals surface area contributed by atoms with Gasteiger partial charge in [-0.25, -0.2) is 4.79 Å². The van der Waals surface area contributed by atoms with Crippen LogP contribution in [-0.2, 0) is 16.1 Å². The molecule has 1 rings (SSSR count). The van der Waals surface area contributed by atoms with E-state index in [0.717, 1.165) is 5.56 Å². The zero-order chi connectivity index (χ0) is 16.0. The van der Waals surface area contributed by atoms with E-state index in [-0.39, 0.29) is 24.2 Å². The van der Waals surface area contributed by atoms with Gasteiger partial charge in [-0.3, -0.25) is 0 Å². The zero-order valence-corrected chi connectivity index (χ0v) is 14.1. The van der Waals surface area contributed by atoms with E-state index in [9.17, 15) is 4.79 Å². The Morgan fingerprint density at radius 2 is 2.00 bits per heavy atom. The molecule has 1 aromatic rings. The first-order valence-electron chi connectivity index (χ1n) is 7.04. The maximum Gasteiger partial charge on any atom is 0.344 e. The predicted molar refractivity (Wildman–Crippen MR) is 84.8 cm³/mol. The second-order valence-electron chi connectivity index (χ2n) is 6.15. The van der Waals surface area contributed by atoms with E-state index in [0.29, 0.717) is 17.3 Å². The van der Waals surface area contributed by atoms with Crippen LogP contribution in [0.2, 0.25) is 5.02 Å². The number of ether oxygens (including phenoxy) is 2. The summed E-state index contributed by atoms with van der Waals surface area (Å²) in [4.78, 5) is 11.5. The normalized spacial score (nSPS) is 11.6. The molecule has 0 spiro atoms. The summed E-state index contributed by atoms with van der Waals surface area (Å²) < 4.78 is 10.6. The summed E-state index contributed by atoms with van der Waals surface area (Å²) in [6.07, 6.45) is -0.150. The molecule has 21 heavy (non-hydrogen) atoms. The molecule has 0 saturated heterocycles. The number of rotatable bonds is 6. The number of carbonyl (C=O) groups excluding carboxylic acids is 1. The Bertz CT molecular complexity index is 481. The molecular formula is C16H24ClNO3. The van der Waals surface area contributed by atoms with Crippen molar-refractivity contribution in [2.24, 2.45) is 0 Å². The van der Waals surface area contributed by atoms with Crippen LogP contribution in [0.3, 0.4) is 0 Å². The molecule has 5 heteroatoms. The maximum atomic E-state index is 11.5. The molecule has 0 fully saturated rings. The van der Waals surface area contributed by atoms with Crippen molar-refractivity contribution < 1.29 is 14.3 Å². The fourth-order valence-corrected chi connectivity index (χ4v) is 1.87. The van der Waals surface area contributed by atoms with E-state index in [1.54, 1.807) is 32.0 Å². The number of halogens is 1. The van der Waals surface area contributed by atoms with E-state index >= 15 is 0 Å². The third-order valence-electron chi connectivity index (χ3n) is 2.58. The first-order valence-corrected chi connectivity index (χ1v) is 7.41. The van der Waals surface area contributed by atoms with Crippen LogP contribution in [0.15, 0.2) is 18.2 Å². The highest BCUT2D eigenvalue weighted by atomic mass is 35.5. The van der Waals surface area contributed by atoms with E-state index < -0.39 is 0 Å². The second-order valence-corrected chi connectivity index (χ2v) is 6.55. The quantitative estimate of drug-likeness (QED) is 0.816. The maximum absolute atomic E-state index is 11.5. The van der Waals surface area contributed by atoms with Crippen molar-refractivity contribution in [3.8, 4) is 5.75 Å². The topological polar surface area (TPSA) is 47.6 Å². The third-order valence-corrected chi connectivity index (χ3v) is 2.94. The fourth-order valence-electron chi connectivity index (χ4n) is 1.63. The Labute approximate surface area is 131 Å². The summed E-state index contributed by atoms with van der Waals surface area (Å²) in [5.41, 5.74) is 0.805. The van der Waals surface area contributed by atoms with Crippen LogP contribution < -0.4 is 10.1 Å². The Morgan fingerprint density at radius 3 is 2.57 bits per heavy atom. The van der Waals surface area contributed by atoms with Gasteiger partial charge in [0.05, 0.1) is 6.10 Å². The number of hydrogen-bond donors (Lipinski definition) is 1. The number of hydrogen-bond acceptors (Lipinski definition) is 4. The molecule has 0 aliphatic carbocycles. The second kappa shape index (κ2) is 7.66. The van der Waals surface area contributed by atoms with Crippen molar-refractivity contribution >= 4 is 17.6 Å². The smallest absolute Gasteiger partial charge is 0.344 e. The average molecular weight is 314 g/mol. The summed E-state index contributed by atoms with van der Waals surface area (Å²) in [6, 6.07) is 5.40. The molecule has 0 heterocycles. The first kappa shape index (κ1) is 17.8. The molecule has 0 saturated carbocycles. The Hall–Kier alpha value is -1.26. The van der Waals surface area contributed by atoms with Crippen LogP contribution in [0.25, 0.3) is 0 Å². The van der Waals surface area contributed by atoms with Gasteiger partial charge in [-0.05, 0) is 46.8 Å². The lowest BCUT2D eigenvalue weighted by atomic mass is 10.1. The van der Waals surface area contributed by atoms with Gasteiger partial charge in [0.1, 0.15) is 5.75 Å². The van der Waals surface area contributed by atoms with Gasteiger partial charge in [0.15, 0.2) is 6.61 Å². The van der Waals surface area contributed by atoms with Gasteiger partial charge in [0.2, 0.25) is 0 Å². The standard InChI is InChI=1S/C16H24ClNO3/c1-11(2)21-15(19)10-20-14-8-6-7-13(17)12(14)9-18-16(3,4)5/h6-8,11,18H,9-10H2,1-5H3. The summed E-state index contributed by atoms with van der Waals surface area (Å²) in [5.74, 6) is 0.208. The van der Waals surface area contributed by atoms with Crippen LogP contribution in [0.1, 0.15) is 40.2 Å². The molecule has 0 atom stereocenters. The lowest BCUT2D eigenvalue weighted by Crippen LogP contribution is -2.35. The van der Waals surface area contributed by atoms with Crippen molar-refractivity contribution in [3.63, 3.8) is 0 Å². The molecule has 0 radical (unpaired) electrons. The molecule has 0 aliphatic heterocycles. The number of benzene rings is 1. The van der Waals surface area contributed by atoms with Crippen molar-refractivity contribution in [2.45, 2.75) is 52.8 Å². The summed E-state index contributed by atoms with van der Waals surface area (Å²) in [5, 5.41) is 3.97. The summed E-state index contributed by atoms with van der Waals surface area (Å²) >= 11 is 6.22. The molecular weight excluding hydrogens is 290 g/mol. The van der Waals surface area contributed by atoms with Gasteiger partial charge < -0.3 is 14.8 Å². The van der Waals surface area contributed by atoms with Gasteiger partial charge >= 0.3 is 5.97 Å². The third kappa shape index (κ3) is 6.82. The highest BCUT2D eigenvalue weighted by Gasteiger charge is 2.15. The molecule has 0 amide bonds. The summed E-state index contributed by atoms with van der Waals surface area (Å²) in [6.45, 7) is 10.3. The average Bonchev–Trinajstić information content (AvgIpc) is 2.33. The van der Waals surface area contributed by atoms with Crippen LogP contribution in [-0.4, -0.2) is 24.2 Å². The van der Waals surface area contributed by atoms with Crippen LogP contribution in [0.4, 0.5) is 0 Å². The molecule has 118 valence electrons. The van der Waals surface area contributed by atoms with Crippen molar-refractivity contribution in [3.05, 3.63) is 28.8 Å². The number of esters is 1. The van der Waals surface area contributed by atoms with Crippen molar-refractivity contribution in [1.82, 2.24) is 5.32 Å². The van der Waals surface area contributed by atoms with Gasteiger partial charge in [-0.15, -0.1) is 0 Å². The molecule has 0 aliphatic rings. The van der Waals surface area contributed by atoms with E-state index in [2.05, 4.69) is 26.1 Å². The van der Waals surface area contributed by atoms with Crippen molar-refractivity contribution in [1.29, 1.82) is 0 Å². The minimum Gasteiger partial charge on any atom is -0.482 e. The first-order chi connectivity index (χ1) is 9.69. The molecule has 0 bridgehead atoms. The fraction of sp³-hybridized carbons (Fsp3) is 0.562. The predicted octanol–water partition coefficient (Wildman–Crippen LogP) is 3.56. The number of nitrogens with one attached hydrogen (secondary N) is 1. The molecule has 0 unspecified atom stereocenters. The van der Waals surface area contributed by atoms with Crippen LogP contribution in [0.5, 0.6) is 5.75 Å². The van der Waals surface area contributed by atoms with Gasteiger partial charge in [0.25, 0.3) is 0 Å². The Kier molecular flexibility index (Phi) is 6.49. The largest absolute Gasteiger partial charge is 0.482 e. The van der Waals surface area contributed by atoms with Gasteiger partial charge in [-0.2, -0.15) is 0 Å². The number of carbonyl (C=O) groups is 1. The monoisotopic (exact) mass is 313 g/mol. The molecule has 1 N–H and O–H groups in total. The highest BCUT2D eigenvalue weighted by Crippen LogP contribution is 2.27. The lowest BCUT2D eigenvalue weighted by Gasteiger charge is -2.22. The molecule has 4 nitrogen and oxygen atoms in total. The van der Waals surface area contributed by atoms with E-state index in [1.807, 2.05) is 0 Å². The SMILES string of the molecule is CC(C)OC(=O)COc1cccc(Cl)c1CNC(C)(C)C. The Balaban J connectivity index is 2.73. The minimum absolute atomic E-state index is 0.0347. The van der Waals surface area contributed by atoms with E-state index in [1.165, 1.54) is 0 Å². The van der Waals surface area contributed by atoms with Crippen molar-refractivity contribution in [2.75, 3.05) is 6.61 Å². The Morgan fingerprint density at radius 1 is 1.33 bits per heavy atom. The summed E-state index contributed by atoms with van der Waals surface area (Å²) in [7, 11) is 0. The van der Waals surface area contributed by atoms with Gasteiger partial charge in [0, 0.05) is 22.7 Å². The highest BCUT2D eigenvalue weighted by molar-refractivity contribution is 6.31. The molecule has 0 aromatic heterocycles. The van der Waals surface area contributed by atoms with Crippen LogP contribution >= 0.6 is 11.6 Å². The van der Waals surface area contributed by atoms with Crippen LogP contribution in [0, 0.1) is 0 Å². The minimum atomic E-state index is -0.389.